The molecule has 2 N–H and O–H groups in total. The molecular formula is C15H24N4O. The van der Waals surface area contributed by atoms with Gasteiger partial charge in [0, 0.05) is 51.0 Å². The van der Waals surface area contributed by atoms with Crippen LogP contribution in [0.2, 0.25) is 0 Å². The minimum Gasteiger partial charge on any atom is -0.489 e. The summed E-state index contributed by atoms with van der Waals surface area (Å²) in [4.78, 5) is 7.35. The number of benzene rings is 1. The molecule has 1 fully saturated rings. The first-order valence-corrected chi connectivity index (χ1v) is 7.40. The molecule has 0 spiro atoms. The molecule has 0 amide bonds. The second kappa shape index (κ2) is 5.89. The van der Waals surface area contributed by atoms with Crippen LogP contribution in [0.5, 0.6) is 5.75 Å². The van der Waals surface area contributed by atoms with Crippen molar-refractivity contribution in [2.24, 2.45) is 0 Å². The van der Waals surface area contributed by atoms with Gasteiger partial charge in [0.25, 0.3) is 0 Å². The van der Waals surface area contributed by atoms with Gasteiger partial charge < -0.3 is 20.3 Å². The average molecular weight is 276 g/mol. The Labute approximate surface area is 120 Å². The van der Waals surface area contributed by atoms with Crippen LogP contribution in [-0.2, 0) is 0 Å². The number of nitrogen functional groups attached to an aromatic ring is 1. The Morgan fingerprint density at radius 2 is 1.90 bits per heavy atom. The number of ether oxygens (including phenoxy) is 1. The van der Waals surface area contributed by atoms with E-state index in [1.807, 2.05) is 12.1 Å². The van der Waals surface area contributed by atoms with E-state index in [4.69, 9.17) is 10.5 Å². The van der Waals surface area contributed by atoms with Crippen molar-refractivity contribution in [2.75, 3.05) is 70.1 Å². The van der Waals surface area contributed by atoms with E-state index in [2.05, 4.69) is 27.8 Å². The van der Waals surface area contributed by atoms with E-state index in [-0.39, 0.29) is 0 Å². The third kappa shape index (κ3) is 2.99. The van der Waals surface area contributed by atoms with Crippen molar-refractivity contribution in [1.29, 1.82) is 0 Å². The lowest BCUT2D eigenvalue weighted by atomic mass is 10.2. The van der Waals surface area contributed by atoms with Crippen molar-refractivity contribution in [3.8, 4) is 5.75 Å². The van der Waals surface area contributed by atoms with Gasteiger partial charge in [0.1, 0.15) is 12.4 Å². The van der Waals surface area contributed by atoms with Crippen molar-refractivity contribution in [1.82, 2.24) is 9.80 Å². The van der Waals surface area contributed by atoms with Crippen LogP contribution in [0.4, 0.5) is 11.4 Å². The summed E-state index contributed by atoms with van der Waals surface area (Å²) < 4.78 is 5.70. The second-order valence-corrected chi connectivity index (χ2v) is 5.71. The lowest BCUT2D eigenvalue weighted by Crippen LogP contribution is -2.47. The summed E-state index contributed by atoms with van der Waals surface area (Å²) >= 11 is 0. The quantitative estimate of drug-likeness (QED) is 0.824. The van der Waals surface area contributed by atoms with Crippen LogP contribution in [0.15, 0.2) is 18.2 Å². The molecule has 0 radical (unpaired) electrons. The SMILES string of the molecule is CN1CCN(CCN2CCOc3cc(N)ccc32)CC1. The molecule has 1 saturated heterocycles. The molecule has 1 aromatic rings. The van der Waals surface area contributed by atoms with Crippen LogP contribution < -0.4 is 15.4 Å². The second-order valence-electron chi connectivity index (χ2n) is 5.71. The Hall–Kier alpha value is -1.46. The fraction of sp³-hybridized carbons (Fsp3) is 0.600. The normalized spacial score (nSPS) is 20.6. The molecule has 5 heteroatoms. The molecule has 0 atom stereocenters. The zero-order valence-corrected chi connectivity index (χ0v) is 12.2. The summed E-state index contributed by atoms with van der Waals surface area (Å²) in [6, 6.07) is 5.96. The van der Waals surface area contributed by atoms with Crippen molar-refractivity contribution in [3.63, 3.8) is 0 Å². The minimum atomic E-state index is 0.749. The van der Waals surface area contributed by atoms with E-state index in [1.54, 1.807) is 0 Å². The third-order valence-corrected chi connectivity index (χ3v) is 4.23. The van der Waals surface area contributed by atoms with Gasteiger partial charge in [-0.05, 0) is 19.2 Å². The molecule has 2 aliphatic heterocycles. The van der Waals surface area contributed by atoms with Crippen molar-refractivity contribution < 1.29 is 4.74 Å². The highest BCUT2D eigenvalue weighted by Gasteiger charge is 2.20. The number of nitrogens with zero attached hydrogens (tertiary/aromatic N) is 3. The van der Waals surface area contributed by atoms with Crippen molar-refractivity contribution in [3.05, 3.63) is 18.2 Å². The monoisotopic (exact) mass is 276 g/mol. The summed E-state index contributed by atoms with van der Waals surface area (Å²) in [5.41, 5.74) is 7.77. The van der Waals surface area contributed by atoms with Crippen LogP contribution >= 0.6 is 0 Å². The first-order chi connectivity index (χ1) is 9.72. The van der Waals surface area contributed by atoms with Crippen LogP contribution in [-0.4, -0.2) is 69.3 Å². The molecular weight excluding hydrogens is 252 g/mol. The number of hydrogen-bond acceptors (Lipinski definition) is 5. The van der Waals surface area contributed by atoms with Crippen LogP contribution in [0.1, 0.15) is 0 Å². The number of likely N-dealkylation sites (N-methyl/N-ethyl adjacent to an activating group) is 1. The molecule has 1 aromatic carbocycles. The number of hydrogen-bond donors (Lipinski definition) is 1. The summed E-state index contributed by atoms with van der Waals surface area (Å²) in [5.74, 6) is 0.926. The van der Waals surface area contributed by atoms with Gasteiger partial charge in [0.05, 0.1) is 12.2 Å². The molecule has 2 heterocycles. The Morgan fingerprint density at radius 3 is 2.70 bits per heavy atom. The highest BCUT2D eigenvalue weighted by Crippen LogP contribution is 2.32. The largest absolute Gasteiger partial charge is 0.489 e. The van der Waals surface area contributed by atoms with Crippen LogP contribution in [0.25, 0.3) is 0 Å². The molecule has 5 nitrogen and oxygen atoms in total. The summed E-state index contributed by atoms with van der Waals surface area (Å²) in [5, 5.41) is 0. The predicted octanol–water partition coefficient (Wildman–Crippen LogP) is 0.715. The zero-order chi connectivity index (χ0) is 13.9. The van der Waals surface area contributed by atoms with E-state index < -0.39 is 0 Å². The van der Waals surface area contributed by atoms with E-state index in [1.165, 1.54) is 31.9 Å². The number of piperazine rings is 1. The fourth-order valence-electron chi connectivity index (χ4n) is 2.86. The van der Waals surface area contributed by atoms with Gasteiger partial charge in [-0.2, -0.15) is 0 Å². The van der Waals surface area contributed by atoms with E-state index in [0.29, 0.717) is 0 Å². The molecule has 0 unspecified atom stereocenters. The zero-order valence-electron chi connectivity index (χ0n) is 12.2. The standard InChI is InChI=1S/C15H24N4O/c1-17-4-6-18(7-5-17)8-9-19-10-11-20-15-12-13(16)2-3-14(15)19/h2-3,12H,4-11,16H2,1H3. The van der Waals surface area contributed by atoms with Gasteiger partial charge in [0.15, 0.2) is 0 Å². The Kier molecular flexibility index (Phi) is 3.98. The van der Waals surface area contributed by atoms with E-state index in [0.717, 1.165) is 37.7 Å². The highest BCUT2D eigenvalue weighted by atomic mass is 16.5. The van der Waals surface area contributed by atoms with E-state index >= 15 is 0 Å². The molecule has 0 bridgehead atoms. The molecule has 3 rings (SSSR count). The van der Waals surface area contributed by atoms with Gasteiger partial charge in [-0.25, -0.2) is 0 Å². The highest BCUT2D eigenvalue weighted by molar-refractivity contribution is 5.65. The topological polar surface area (TPSA) is 45.0 Å². The minimum absolute atomic E-state index is 0.749. The maximum absolute atomic E-state index is 5.82. The van der Waals surface area contributed by atoms with Gasteiger partial charge >= 0.3 is 0 Å². The molecule has 2 aliphatic rings. The first-order valence-electron chi connectivity index (χ1n) is 7.40. The number of rotatable bonds is 3. The maximum Gasteiger partial charge on any atom is 0.144 e. The molecule has 20 heavy (non-hydrogen) atoms. The Balaban J connectivity index is 1.59. The lowest BCUT2D eigenvalue weighted by molar-refractivity contribution is 0.156. The first kappa shape index (κ1) is 13.5. The van der Waals surface area contributed by atoms with E-state index in [9.17, 15) is 0 Å². The van der Waals surface area contributed by atoms with Gasteiger partial charge in [-0.3, -0.25) is 4.90 Å². The predicted molar refractivity (Wildman–Crippen MR) is 82.5 cm³/mol. The lowest BCUT2D eigenvalue weighted by Gasteiger charge is -2.36. The molecule has 0 saturated carbocycles. The van der Waals surface area contributed by atoms with Crippen molar-refractivity contribution in [2.45, 2.75) is 0 Å². The van der Waals surface area contributed by atoms with Crippen LogP contribution in [0, 0.1) is 0 Å². The van der Waals surface area contributed by atoms with Crippen LogP contribution in [0.3, 0.4) is 0 Å². The number of anilines is 2. The van der Waals surface area contributed by atoms with Gasteiger partial charge in [-0.1, -0.05) is 0 Å². The number of nitrogens with two attached hydrogens (primary N) is 1. The fourth-order valence-corrected chi connectivity index (χ4v) is 2.86. The molecule has 110 valence electrons. The third-order valence-electron chi connectivity index (χ3n) is 4.23. The molecule has 0 aromatic heterocycles. The van der Waals surface area contributed by atoms with Gasteiger partial charge in [0.2, 0.25) is 0 Å². The summed E-state index contributed by atoms with van der Waals surface area (Å²) in [7, 11) is 2.19. The Morgan fingerprint density at radius 1 is 1.10 bits per heavy atom. The maximum atomic E-state index is 5.82. The smallest absolute Gasteiger partial charge is 0.144 e. The summed E-state index contributed by atoms with van der Waals surface area (Å²) in [6.07, 6.45) is 0. The van der Waals surface area contributed by atoms with Crippen molar-refractivity contribution >= 4 is 11.4 Å². The molecule has 0 aliphatic carbocycles. The average Bonchev–Trinajstić information content (AvgIpc) is 2.46. The number of fused-ring (bicyclic) bond motifs is 1. The summed E-state index contributed by atoms with van der Waals surface area (Å²) in [6.45, 7) is 8.60. The van der Waals surface area contributed by atoms with Gasteiger partial charge in [-0.15, -0.1) is 0 Å². The Bertz CT molecular complexity index is 457.